The molecule has 0 atom stereocenters. The van der Waals surface area contributed by atoms with Gasteiger partial charge in [-0.2, -0.15) is 0 Å². The average Bonchev–Trinajstić information content (AvgIpc) is 2.87. The molecular formula is C13H15N3OS. The van der Waals surface area contributed by atoms with Crippen molar-refractivity contribution in [2.45, 2.75) is 6.92 Å². The van der Waals surface area contributed by atoms with Crippen LogP contribution in [-0.4, -0.2) is 24.7 Å². The molecule has 0 radical (unpaired) electrons. The lowest BCUT2D eigenvalue weighted by molar-refractivity contribution is 0.323. The summed E-state index contributed by atoms with van der Waals surface area (Å²) in [5, 5.41) is 9.61. The van der Waals surface area contributed by atoms with Crippen molar-refractivity contribution < 1.29 is 4.74 Å². The Bertz CT molecular complexity index is 553. The molecule has 1 aromatic heterocycles. The van der Waals surface area contributed by atoms with Gasteiger partial charge in [0.1, 0.15) is 12.4 Å². The summed E-state index contributed by atoms with van der Waals surface area (Å²) in [7, 11) is 0. The third-order valence-corrected chi connectivity index (χ3v) is 3.58. The monoisotopic (exact) mass is 261 g/mol. The summed E-state index contributed by atoms with van der Waals surface area (Å²) in [6.07, 6.45) is 0. The van der Waals surface area contributed by atoms with Gasteiger partial charge in [-0.3, -0.25) is 0 Å². The van der Waals surface area contributed by atoms with Gasteiger partial charge in [0.25, 0.3) is 0 Å². The van der Waals surface area contributed by atoms with Crippen molar-refractivity contribution in [1.29, 1.82) is 0 Å². The number of hydrogen-bond donors (Lipinski definition) is 2. The third kappa shape index (κ3) is 2.13. The van der Waals surface area contributed by atoms with Crippen LogP contribution in [0.25, 0.3) is 11.3 Å². The molecule has 2 aromatic rings. The first-order valence-corrected chi connectivity index (χ1v) is 6.95. The summed E-state index contributed by atoms with van der Waals surface area (Å²) in [6.45, 7) is 4.55. The molecule has 0 amide bonds. The van der Waals surface area contributed by atoms with Gasteiger partial charge in [-0.05, 0) is 25.1 Å². The van der Waals surface area contributed by atoms with Crippen LogP contribution in [0.3, 0.4) is 0 Å². The van der Waals surface area contributed by atoms with E-state index in [1.165, 1.54) is 0 Å². The molecule has 0 spiro atoms. The largest absolute Gasteiger partial charge is 0.490 e. The van der Waals surface area contributed by atoms with Crippen molar-refractivity contribution in [3.05, 3.63) is 23.6 Å². The molecule has 0 saturated heterocycles. The van der Waals surface area contributed by atoms with Crippen LogP contribution >= 0.6 is 11.3 Å². The zero-order chi connectivity index (χ0) is 12.4. The van der Waals surface area contributed by atoms with Gasteiger partial charge in [0.2, 0.25) is 0 Å². The van der Waals surface area contributed by atoms with E-state index < -0.39 is 0 Å². The first-order valence-electron chi connectivity index (χ1n) is 6.07. The third-order valence-electron chi connectivity index (χ3n) is 2.78. The van der Waals surface area contributed by atoms with Crippen molar-refractivity contribution >= 4 is 22.2 Å². The first kappa shape index (κ1) is 11.3. The predicted octanol–water partition coefficient (Wildman–Crippen LogP) is 3.05. The van der Waals surface area contributed by atoms with E-state index >= 15 is 0 Å². The molecule has 5 heteroatoms. The number of thiazole rings is 1. The van der Waals surface area contributed by atoms with Gasteiger partial charge in [-0.1, -0.05) is 0 Å². The molecule has 1 aliphatic heterocycles. The van der Waals surface area contributed by atoms with Gasteiger partial charge in [-0.15, -0.1) is 11.3 Å². The van der Waals surface area contributed by atoms with Crippen LogP contribution in [0.1, 0.15) is 6.92 Å². The zero-order valence-electron chi connectivity index (χ0n) is 10.2. The SMILES string of the molecule is CCNc1nc(-c2ccc3c(c2)NCCO3)cs1. The second-order valence-electron chi connectivity index (χ2n) is 4.05. The lowest BCUT2D eigenvalue weighted by Crippen LogP contribution is -2.17. The van der Waals surface area contributed by atoms with Crippen molar-refractivity contribution in [3.8, 4) is 17.0 Å². The summed E-state index contributed by atoms with van der Waals surface area (Å²) in [5.74, 6) is 0.923. The Morgan fingerprint density at radius 1 is 1.50 bits per heavy atom. The summed E-state index contributed by atoms with van der Waals surface area (Å²) in [4.78, 5) is 4.56. The Hall–Kier alpha value is -1.75. The second-order valence-corrected chi connectivity index (χ2v) is 4.91. The van der Waals surface area contributed by atoms with Gasteiger partial charge in [0.15, 0.2) is 5.13 Å². The molecule has 0 aliphatic carbocycles. The Kier molecular flexibility index (Phi) is 3.06. The maximum absolute atomic E-state index is 5.57. The van der Waals surface area contributed by atoms with Gasteiger partial charge in [-0.25, -0.2) is 4.98 Å². The molecule has 1 aromatic carbocycles. The minimum absolute atomic E-state index is 0.730. The molecule has 18 heavy (non-hydrogen) atoms. The van der Waals surface area contributed by atoms with E-state index in [0.29, 0.717) is 0 Å². The topological polar surface area (TPSA) is 46.2 Å². The van der Waals surface area contributed by atoms with Crippen LogP contribution in [0.4, 0.5) is 10.8 Å². The highest BCUT2D eigenvalue weighted by atomic mass is 32.1. The van der Waals surface area contributed by atoms with Crippen LogP contribution in [0.5, 0.6) is 5.75 Å². The molecule has 2 heterocycles. The predicted molar refractivity (Wildman–Crippen MR) is 75.7 cm³/mol. The summed E-state index contributed by atoms with van der Waals surface area (Å²) >= 11 is 1.63. The molecular weight excluding hydrogens is 246 g/mol. The molecule has 94 valence electrons. The van der Waals surface area contributed by atoms with E-state index in [0.717, 1.165) is 47.5 Å². The summed E-state index contributed by atoms with van der Waals surface area (Å²) in [5.41, 5.74) is 3.18. The van der Waals surface area contributed by atoms with Crippen LogP contribution < -0.4 is 15.4 Å². The normalized spacial score (nSPS) is 13.4. The Morgan fingerprint density at radius 3 is 3.33 bits per heavy atom. The Labute approximate surface area is 110 Å². The number of nitrogens with zero attached hydrogens (tertiary/aromatic N) is 1. The van der Waals surface area contributed by atoms with Crippen LogP contribution in [0.15, 0.2) is 23.6 Å². The molecule has 0 unspecified atom stereocenters. The maximum atomic E-state index is 5.57. The number of aromatic nitrogens is 1. The maximum Gasteiger partial charge on any atom is 0.183 e. The highest BCUT2D eigenvalue weighted by molar-refractivity contribution is 7.14. The number of anilines is 2. The van der Waals surface area contributed by atoms with E-state index in [4.69, 9.17) is 4.74 Å². The number of fused-ring (bicyclic) bond motifs is 1. The molecule has 2 N–H and O–H groups in total. The number of benzene rings is 1. The van der Waals surface area contributed by atoms with Crippen molar-refractivity contribution in [2.24, 2.45) is 0 Å². The van der Waals surface area contributed by atoms with E-state index in [-0.39, 0.29) is 0 Å². The van der Waals surface area contributed by atoms with Crippen molar-refractivity contribution in [1.82, 2.24) is 4.98 Å². The fourth-order valence-electron chi connectivity index (χ4n) is 1.94. The van der Waals surface area contributed by atoms with Crippen LogP contribution in [-0.2, 0) is 0 Å². The second kappa shape index (κ2) is 4.86. The average molecular weight is 261 g/mol. The minimum atomic E-state index is 0.730. The fraction of sp³-hybridized carbons (Fsp3) is 0.308. The fourth-order valence-corrected chi connectivity index (χ4v) is 2.73. The summed E-state index contributed by atoms with van der Waals surface area (Å²) < 4.78 is 5.57. The standard InChI is InChI=1S/C13H15N3OS/c1-2-14-13-16-11(8-18-13)9-3-4-12-10(7-9)15-5-6-17-12/h3-4,7-8,15H,2,5-6H2,1H3,(H,14,16). The number of hydrogen-bond acceptors (Lipinski definition) is 5. The molecule has 0 fully saturated rings. The molecule has 1 aliphatic rings. The molecule has 4 nitrogen and oxygen atoms in total. The van der Waals surface area contributed by atoms with Gasteiger partial charge in [0.05, 0.1) is 11.4 Å². The van der Waals surface area contributed by atoms with Gasteiger partial charge < -0.3 is 15.4 Å². The number of rotatable bonds is 3. The van der Waals surface area contributed by atoms with E-state index in [1.807, 2.05) is 6.07 Å². The molecule has 0 bridgehead atoms. The Balaban J connectivity index is 1.91. The lowest BCUT2D eigenvalue weighted by atomic mass is 10.1. The van der Waals surface area contributed by atoms with Gasteiger partial charge in [0, 0.05) is 24.0 Å². The molecule has 3 rings (SSSR count). The van der Waals surface area contributed by atoms with E-state index in [1.54, 1.807) is 11.3 Å². The number of ether oxygens (including phenoxy) is 1. The summed E-state index contributed by atoms with van der Waals surface area (Å²) in [6, 6.07) is 6.15. The smallest absolute Gasteiger partial charge is 0.183 e. The highest BCUT2D eigenvalue weighted by Crippen LogP contribution is 2.33. The Morgan fingerprint density at radius 2 is 2.44 bits per heavy atom. The quantitative estimate of drug-likeness (QED) is 0.891. The minimum Gasteiger partial charge on any atom is -0.490 e. The van der Waals surface area contributed by atoms with Crippen molar-refractivity contribution in [3.63, 3.8) is 0 Å². The van der Waals surface area contributed by atoms with E-state index in [2.05, 4.69) is 40.1 Å². The van der Waals surface area contributed by atoms with Crippen LogP contribution in [0, 0.1) is 0 Å². The highest BCUT2D eigenvalue weighted by Gasteiger charge is 2.11. The lowest BCUT2D eigenvalue weighted by Gasteiger charge is -2.19. The van der Waals surface area contributed by atoms with E-state index in [9.17, 15) is 0 Å². The van der Waals surface area contributed by atoms with Gasteiger partial charge >= 0.3 is 0 Å². The van der Waals surface area contributed by atoms with Crippen molar-refractivity contribution in [2.75, 3.05) is 30.3 Å². The molecule has 0 saturated carbocycles. The number of nitrogens with one attached hydrogen (secondary N) is 2. The van der Waals surface area contributed by atoms with Crippen LogP contribution in [0.2, 0.25) is 0 Å². The zero-order valence-corrected chi connectivity index (χ0v) is 11.0. The first-order chi connectivity index (χ1) is 8.86.